The first-order valence-corrected chi connectivity index (χ1v) is 7.87. The lowest BCUT2D eigenvalue weighted by Gasteiger charge is -2.18. The fourth-order valence-corrected chi connectivity index (χ4v) is 3.17. The molecule has 2 N–H and O–H groups in total. The molecule has 1 heterocycles. The summed E-state index contributed by atoms with van der Waals surface area (Å²) in [6.07, 6.45) is 5.25. The molecule has 1 aromatic heterocycles. The molecule has 5 nitrogen and oxygen atoms in total. The Morgan fingerprint density at radius 1 is 1.17 bits per heavy atom. The van der Waals surface area contributed by atoms with E-state index < -0.39 is 6.10 Å². The van der Waals surface area contributed by atoms with E-state index in [1.165, 1.54) is 0 Å². The van der Waals surface area contributed by atoms with Gasteiger partial charge in [-0.05, 0) is 35.4 Å². The Hall–Kier alpha value is -2.92. The van der Waals surface area contributed by atoms with E-state index in [9.17, 15) is 9.90 Å². The fourth-order valence-electron chi connectivity index (χ4n) is 3.17. The first-order chi connectivity index (χ1) is 11.7. The van der Waals surface area contributed by atoms with E-state index in [4.69, 9.17) is 0 Å². The van der Waals surface area contributed by atoms with Gasteiger partial charge < -0.3 is 15.0 Å². The number of rotatable bonds is 3. The highest BCUT2D eigenvalue weighted by molar-refractivity contribution is 5.94. The van der Waals surface area contributed by atoms with E-state index in [2.05, 4.69) is 10.3 Å². The van der Waals surface area contributed by atoms with Gasteiger partial charge in [-0.25, -0.2) is 4.98 Å². The number of aliphatic hydroxyl groups is 1. The second-order valence-corrected chi connectivity index (χ2v) is 5.94. The minimum Gasteiger partial charge on any atom is -0.390 e. The maximum Gasteiger partial charge on any atom is 0.251 e. The second kappa shape index (κ2) is 5.94. The maximum absolute atomic E-state index is 12.5. The number of carbonyl (C=O) groups excluding carboxylic acids is 1. The lowest BCUT2D eigenvalue weighted by Crippen LogP contribution is -2.33. The van der Waals surface area contributed by atoms with Crippen LogP contribution in [0.2, 0.25) is 0 Å². The summed E-state index contributed by atoms with van der Waals surface area (Å²) in [5, 5.41) is 13.2. The van der Waals surface area contributed by atoms with Crippen molar-refractivity contribution in [1.82, 2.24) is 14.9 Å². The zero-order valence-corrected chi connectivity index (χ0v) is 13.0. The molecule has 120 valence electrons. The molecule has 0 bridgehead atoms. The molecule has 4 rings (SSSR count). The van der Waals surface area contributed by atoms with Crippen molar-refractivity contribution in [1.29, 1.82) is 0 Å². The molecule has 1 aliphatic carbocycles. The molecular formula is C19H17N3O2. The van der Waals surface area contributed by atoms with E-state index in [0.29, 0.717) is 12.0 Å². The molecule has 2 atom stereocenters. The maximum atomic E-state index is 12.5. The van der Waals surface area contributed by atoms with E-state index in [1.807, 2.05) is 47.2 Å². The third-order valence-electron chi connectivity index (χ3n) is 4.42. The number of nitrogens with zero attached hydrogens (tertiary/aromatic N) is 2. The minimum atomic E-state index is -0.587. The van der Waals surface area contributed by atoms with E-state index in [1.54, 1.807) is 24.7 Å². The fraction of sp³-hybridized carbons (Fsp3) is 0.158. The van der Waals surface area contributed by atoms with Gasteiger partial charge in [0, 0.05) is 30.1 Å². The first kappa shape index (κ1) is 14.7. The Morgan fingerprint density at radius 2 is 1.96 bits per heavy atom. The normalized spacial score (nSPS) is 19.0. The van der Waals surface area contributed by atoms with Gasteiger partial charge in [-0.15, -0.1) is 0 Å². The quantitative estimate of drug-likeness (QED) is 0.778. The van der Waals surface area contributed by atoms with Crippen molar-refractivity contribution >= 4 is 5.91 Å². The topological polar surface area (TPSA) is 67.2 Å². The smallest absolute Gasteiger partial charge is 0.251 e. The van der Waals surface area contributed by atoms with E-state index >= 15 is 0 Å². The zero-order valence-electron chi connectivity index (χ0n) is 13.0. The minimum absolute atomic E-state index is 0.187. The lowest BCUT2D eigenvalue weighted by atomic mass is 10.1. The summed E-state index contributed by atoms with van der Waals surface area (Å²) in [6, 6.07) is 14.8. The van der Waals surface area contributed by atoms with Gasteiger partial charge in [0.1, 0.15) is 0 Å². The summed E-state index contributed by atoms with van der Waals surface area (Å²) in [5.41, 5.74) is 3.59. The number of aromatic nitrogens is 2. The third kappa shape index (κ3) is 2.59. The number of imidazole rings is 1. The Morgan fingerprint density at radius 3 is 2.71 bits per heavy atom. The second-order valence-electron chi connectivity index (χ2n) is 5.94. The van der Waals surface area contributed by atoms with Crippen LogP contribution in [-0.4, -0.2) is 26.7 Å². The van der Waals surface area contributed by atoms with Crippen molar-refractivity contribution in [3.8, 4) is 5.69 Å². The van der Waals surface area contributed by atoms with Crippen LogP contribution < -0.4 is 5.32 Å². The number of amides is 1. The Balaban J connectivity index is 1.52. The summed E-state index contributed by atoms with van der Waals surface area (Å²) in [5.74, 6) is -0.187. The summed E-state index contributed by atoms with van der Waals surface area (Å²) in [4.78, 5) is 16.5. The first-order valence-electron chi connectivity index (χ1n) is 7.87. The van der Waals surface area contributed by atoms with Crippen molar-refractivity contribution < 1.29 is 9.90 Å². The van der Waals surface area contributed by atoms with Gasteiger partial charge in [0.05, 0.1) is 18.5 Å². The molecule has 0 saturated carbocycles. The number of aliphatic hydroxyl groups excluding tert-OH is 1. The highest BCUT2D eigenvalue weighted by Gasteiger charge is 2.31. The average Bonchev–Trinajstić information content (AvgIpc) is 3.24. The van der Waals surface area contributed by atoms with E-state index in [0.717, 1.165) is 16.8 Å². The van der Waals surface area contributed by atoms with Crippen LogP contribution in [-0.2, 0) is 6.42 Å². The SMILES string of the molecule is O=C(N[C@@H]1c2ccccc2C[C@@H]1O)c1ccc(-n2ccnc2)cc1. The van der Waals surface area contributed by atoms with Crippen LogP contribution in [0.4, 0.5) is 0 Å². The van der Waals surface area contributed by atoms with Crippen LogP contribution in [0, 0.1) is 0 Å². The Kier molecular flexibility index (Phi) is 3.63. The molecule has 1 aliphatic rings. The van der Waals surface area contributed by atoms with E-state index in [-0.39, 0.29) is 11.9 Å². The van der Waals surface area contributed by atoms with Gasteiger partial charge in [-0.2, -0.15) is 0 Å². The van der Waals surface area contributed by atoms with Gasteiger partial charge in [-0.3, -0.25) is 4.79 Å². The van der Waals surface area contributed by atoms with Crippen LogP contribution in [0.3, 0.4) is 0 Å². The molecule has 0 aliphatic heterocycles. The molecule has 0 spiro atoms. The highest BCUT2D eigenvalue weighted by atomic mass is 16.3. The van der Waals surface area contributed by atoms with Gasteiger partial charge in [0.2, 0.25) is 0 Å². The monoisotopic (exact) mass is 319 g/mol. The molecule has 5 heteroatoms. The molecule has 2 aromatic carbocycles. The summed E-state index contributed by atoms with van der Waals surface area (Å²) in [7, 11) is 0. The molecule has 1 amide bonds. The molecule has 24 heavy (non-hydrogen) atoms. The number of fused-ring (bicyclic) bond motifs is 1. The molecule has 0 unspecified atom stereocenters. The van der Waals surface area contributed by atoms with Crippen molar-refractivity contribution in [3.05, 3.63) is 83.9 Å². The van der Waals surface area contributed by atoms with Crippen molar-refractivity contribution in [2.24, 2.45) is 0 Å². The van der Waals surface area contributed by atoms with Crippen LogP contribution in [0.1, 0.15) is 27.5 Å². The Labute approximate surface area is 139 Å². The molecule has 0 saturated heterocycles. The van der Waals surface area contributed by atoms with Crippen molar-refractivity contribution in [2.75, 3.05) is 0 Å². The predicted molar refractivity (Wildman–Crippen MR) is 89.9 cm³/mol. The Bertz CT molecular complexity index is 857. The number of benzene rings is 2. The van der Waals surface area contributed by atoms with Crippen LogP contribution >= 0.6 is 0 Å². The van der Waals surface area contributed by atoms with Crippen LogP contribution in [0.15, 0.2) is 67.3 Å². The van der Waals surface area contributed by atoms with Gasteiger partial charge in [0.15, 0.2) is 0 Å². The third-order valence-corrected chi connectivity index (χ3v) is 4.42. The number of hydrogen-bond donors (Lipinski definition) is 2. The average molecular weight is 319 g/mol. The summed E-state index contributed by atoms with van der Waals surface area (Å²) < 4.78 is 1.87. The highest BCUT2D eigenvalue weighted by Crippen LogP contribution is 2.31. The van der Waals surface area contributed by atoms with Gasteiger partial charge >= 0.3 is 0 Å². The number of nitrogens with one attached hydrogen (secondary N) is 1. The molecular weight excluding hydrogens is 302 g/mol. The number of carbonyl (C=O) groups is 1. The summed E-state index contributed by atoms with van der Waals surface area (Å²) in [6.45, 7) is 0. The predicted octanol–water partition coefficient (Wildman–Crippen LogP) is 2.26. The lowest BCUT2D eigenvalue weighted by molar-refractivity contribution is 0.0858. The standard InChI is InChI=1S/C19H17N3O2/c23-17-11-14-3-1-2-4-16(14)18(17)21-19(24)13-5-7-15(8-6-13)22-10-9-20-12-22/h1-10,12,17-18,23H,11H2,(H,21,24)/t17-,18+/m0/s1. The van der Waals surface area contributed by atoms with Crippen molar-refractivity contribution in [2.45, 2.75) is 18.6 Å². The van der Waals surface area contributed by atoms with Crippen LogP contribution in [0.5, 0.6) is 0 Å². The zero-order chi connectivity index (χ0) is 16.5. The van der Waals surface area contributed by atoms with Gasteiger partial charge in [-0.1, -0.05) is 24.3 Å². The van der Waals surface area contributed by atoms with Crippen molar-refractivity contribution in [3.63, 3.8) is 0 Å². The van der Waals surface area contributed by atoms with Gasteiger partial charge in [0.25, 0.3) is 5.91 Å². The molecule has 0 fully saturated rings. The summed E-state index contributed by atoms with van der Waals surface area (Å²) >= 11 is 0. The molecule has 0 radical (unpaired) electrons. The largest absolute Gasteiger partial charge is 0.390 e. The molecule has 3 aromatic rings. The number of hydrogen-bond acceptors (Lipinski definition) is 3. The van der Waals surface area contributed by atoms with Crippen LogP contribution in [0.25, 0.3) is 5.69 Å².